The van der Waals surface area contributed by atoms with Crippen molar-refractivity contribution in [2.24, 2.45) is 0 Å². The maximum atomic E-state index is 10.9. The lowest BCUT2D eigenvalue weighted by molar-refractivity contribution is -0.129. The molecule has 0 aliphatic carbocycles. The fourth-order valence-corrected chi connectivity index (χ4v) is 0.723. The smallest absolute Gasteiger partial charge is 0.293 e. The van der Waals surface area contributed by atoms with Crippen molar-refractivity contribution >= 4 is 12.4 Å². The molecular weight excluding hydrogens is 158 g/mol. The minimum atomic E-state index is 0.0198. The average Bonchev–Trinajstić information content (AvgIpc) is 2.09. The largest absolute Gasteiger partial charge is 0.466 e. The Bertz CT molecular complexity index is 136. The Kier molecular flexibility index (Phi) is 7.33. The maximum Gasteiger partial charge on any atom is 0.293 e. The standard InChI is InChI=1S/C8H15NO3/c1-2-3-4-8(11)9-5-6-12-7-10/h7H,2-6H2,1H3,(H,9,11). The minimum absolute atomic E-state index is 0.0198. The van der Waals surface area contributed by atoms with Crippen molar-refractivity contribution in [3.05, 3.63) is 0 Å². The molecule has 0 rings (SSSR count). The molecule has 0 saturated heterocycles. The maximum absolute atomic E-state index is 10.9. The highest BCUT2D eigenvalue weighted by molar-refractivity contribution is 5.75. The van der Waals surface area contributed by atoms with E-state index in [0.717, 1.165) is 12.8 Å². The van der Waals surface area contributed by atoms with Crippen LogP contribution in [0.5, 0.6) is 0 Å². The van der Waals surface area contributed by atoms with Crippen molar-refractivity contribution in [1.82, 2.24) is 5.32 Å². The fourth-order valence-electron chi connectivity index (χ4n) is 0.723. The van der Waals surface area contributed by atoms with Gasteiger partial charge in [-0.15, -0.1) is 0 Å². The Labute approximate surface area is 72.3 Å². The molecule has 4 nitrogen and oxygen atoms in total. The summed E-state index contributed by atoms with van der Waals surface area (Å²) < 4.78 is 4.39. The van der Waals surface area contributed by atoms with E-state index in [-0.39, 0.29) is 12.5 Å². The van der Waals surface area contributed by atoms with Crippen molar-refractivity contribution in [2.75, 3.05) is 13.2 Å². The van der Waals surface area contributed by atoms with Crippen molar-refractivity contribution in [2.45, 2.75) is 26.2 Å². The van der Waals surface area contributed by atoms with Gasteiger partial charge in [0.15, 0.2) is 0 Å². The van der Waals surface area contributed by atoms with Crippen LogP contribution >= 0.6 is 0 Å². The van der Waals surface area contributed by atoms with E-state index in [4.69, 9.17) is 0 Å². The van der Waals surface area contributed by atoms with Gasteiger partial charge in [0.2, 0.25) is 5.91 Å². The number of nitrogens with one attached hydrogen (secondary N) is 1. The van der Waals surface area contributed by atoms with E-state index in [1.807, 2.05) is 6.92 Å². The number of hydrogen-bond acceptors (Lipinski definition) is 3. The third-order valence-corrected chi connectivity index (χ3v) is 1.37. The Morgan fingerprint density at radius 1 is 1.58 bits per heavy atom. The van der Waals surface area contributed by atoms with Gasteiger partial charge in [-0.2, -0.15) is 0 Å². The van der Waals surface area contributed by atoms with Crippen LogP contribution in [0, 0.1) is 0 Å². The van der Waals surface area contributed by atoms with Gasteiger partial charge in [-0.05, 0) is 6.42 Å². The predicted molar refractivity (Wildman–Crippen MR) is 44.6 cm³/mol. The molecule has 4 heteroatoms. The summed E-state index contributed by atoms with van der Waals surface area (Å²) in [6.07, 6.45) is 2.47. The zero-order valence-electron chi connectivity index (χ0n) is 7.34. The van der Waals surface area contributed by atoms with E-state index < -0.39 is 0 Å². The van der Waals surface area contributed by atoms with E-state index in [0.29, 0.717) is 19.4 Å². The number of amides is 1. The van der Waals surface area contributed by atoms with E-state index in [1.165, 1.54) is 0 Å². The van der Waals surface area contributed by atoms with Crippen LogP contribution in [0.4, 0.5) is 0 Å². The molecule has 0 heterocycles. The number of ether oxygens (including phenoxy) is 1. The summed E-state index contributed by atoms with van der Waals surface area (Å²) in [4.78, 5) is 20.6. The van der Waals surface area contributed by atoms with Crippen molar-refractivity contribution in [3.8, 4) is 0 Å². The third kappa shape index (κ3) is 7.05. The van der Waals surface area contributed by atoms with Crippen LogP contribution in [0.2, 0.25) is 0 Å². The molecule has 0 atom stereocenters. The second-order valence-electron chi connectivity index (χ2n) is 2.42. The van der Waals surface area contributed by atoms with Gasteiger partial charge < -0.3 is 10.1 Å². The lowest BCUT2D eigenvalue weighted by Crippen LogP contribution is -2.26. The zero-order chi connectivity index (χ0) is 9.23. The van der Waals surface area contributed by atoms with Gasteiger partial charge >= 0.3 is 0 Å². The first-order valence-electron chi connectivity index (χ1n) is 4.13. The van der Waals surface area contributed by atoms with Crippen molar-refractivity contribution in [3.63, 3.8) is 0 Å². The highest BCUT2D eigenvalue weighted by Gasteiger charge is 1.97. The summed E-state index contributed by atoms with van der Waals surface area (Å²) in [7, 11) is 0. The molecule has 1 N–H and O–H groups in total. The molecule has 0 unspecified atom stereocenters. The summed E-state index contributed by atoms with van der Waals surface area (Å²) in [5.74, 6) is 0.0198. The van der Waals surface area contributed by atoms with Crippen molar-refractivity contribution in [1.29, 1.82) is 0 Å². The summed E-state index contributed by atoms with van der Waals surface area (Å²) in [6.45, 7) is 3.06. The van der Waals surface area contributed by atoms with Gasteiger partial charge in [0.05, 0.1) is 6.54 Å². The normalized spacial score (nSPS) is 9.08. The summed E-state index contributed by atoms with van der Waals surface area (Å²) in [6, 6.07) is 0. The molecule has 0 aromatic heterocycles. The number of rotatable bonds is 7. The molecular formula is C8H15NO3. The molecule has 0 aliphatic heterocycles. The van der Waals surface area contributed by atoms with Gasteiger partial charge in [-0.25, -0.2) is 0 Å². The fraction of sp³-hybridized carbons (Fsp3) is 0.750. The van der Waals surface area contributed by atoms with Gasteiger partial charge in [-0.1, -0.05) is 13.3 Å². The number of hydrogen-bond donors (Lipinski definition) is 1. The molecule has 0 bridgehead atoms. The van der Waals surface area contributed by atoms with E-state index in [2.05, 4.69) is 10.1 Å². The van der Waals surface area contributed by atoms with Crippen LogP contribution in [0.3, 0.4) is 0 Å². The topological polar surface area (TPSA) is 55.4 Å². The molecule has 1 amide bonds. The molecule has 0 saturated carbocycles. The molecule has 70 valence electrons. The lowest BCUT2D eigenvalue weighted by Gasteiger charge is -2.02. The first kappa shape index (κ1) is 10.9. The molecule has 0 spiro atoms. The van der Waals surface area contributed by atoms with Gasteiger partial charge in [0, 0.05) is 6.42 Å². The van der Waals surface area contributed by atoms with Crippen LogP contribution in [0.15, 0.2) is 0 Å². The van der Waals surface area contributed by atoms with Crippen LogP contribution in [-0.2, 0) is 14.3 Å². The van der Waals surface area contributed by atoms with Crippen LogP contribution in [0.1, 0.15) is 26.2 Å². The van der Waals surface area contributed by atoms with Gasteiger partial charge in [0.25, 0.3) is 6.47 Å². The highest BCUT2D eigenvalue weighted by atomic mass is 16.5. The quantitative estimate of drug-likeness (QED) is 0.449. The van der Waals surface area contributed by atoms with Gasteiger partial charge in [-0.3, -0.25) is 9.59 Å². The second-order valence-corrected chi connectivity index (χ2v) is 2.42. The Morgan fingerprint density at radius 3 is 2.92 bits per heavy atom. The lowest BCUT2D eigenvalue weighted by atomic mass is 10.2. The van der Waals surface area contributed by atoms with Gasteiger partial charge in [0.1, 0.15) is 6.61 Å². The summed E-state index contributed by atoms with van der Waals surface area (Å²) >= 11 is 0. The van der Waals surface area contributed by atoms with Crippen LogP contribution in [0.25, 0.3) is 0 Å². The number of carbonyl (C=O) groups excluding carboxylic acids is 2. The van der Waals surface area contributed by atoms with E-state index >= 15 is 0 Å². The van der Waals surface area contributed by atoms with Crippen LogP contribution < -0.4 is 5.32 Å². The van der Waals surface area contributed by atoms with Crippen molar-refractivity contribution < 1.29 is 14.3 Å². The van der Waals surface area contributed by atoms with E-state index in [1.54, 1.807) is 0 Å². The monoisotopic (exact) mass is 173 g/mol. The molecule has 0 fully saturated rings. The average molecular weight is 173 g/mol. The molecule has 0 aliphatic rings. The number of carbonyl (C=O) groups is 2. The predicted octanol–water partition coefficient (Wildman–Crippen LogP) is 0.466. The SMILES string of the molecule is CCCCC(=O)NCCOC=O. The minimum Gasteiger partial charge on any atom is -0.466 e. The van der Waals surface area contributed by atoms with Crippen LogP contribution in [-0.4, -0.2) is 25.5 Å². The highest BCUT2D eigenvalue weighted by Crippen LogP contribution is 1.92. The Morgan fingerprint density at radius 2 is 2.33 bits per heavy atom. The summed E-state index contributed by atoms with van der Waals surface area (Å²) in [5.41, 5.74) is 0. The zero-order valence-corrected chi connectivity index (χ0v) is 7.34. The first-order chi connectivity index (χ1) is 5.81. The first-order valence-corrected chi connectivity index (χ1v) is 4.13. The molecule has 0 aromatic rings. The molecule has 12 heavy (non-hydrogen) atoms. The Hall–Kier alpha value is -1.06. The third-order valence-electron chi connectivity index (χ3n) is 1.37. The van der Waals surface area contributed by atoms with E-state index in [9.17, 15) is 9.59 Å². The second kappa shape index (κ2) is 8.04. The Balaban J connectivity index is 3.13. The summed E-state index contributed by atoms with van der Waals surface area (Å²) in [5, 5.41) is 2.63. The number of unbranched alkanes of at least 4 members (excludes halogenated alkanes) is 1. The molecule has 0 radical (unpaired) electrons. The molecule has 0 aromatic carbocycles.